The van der Waals surface area contributed by atoms with Gasteiger partial charge in [-0.25, -0.2) is 0 Å². The molecule has 0 spiro atoms. The Morgan fingerprint density at radius 1 is 1.36 bits per heavy atom. The van der Waals surface area contributed by atoms with Gasteiger partial charge in [-0.05, 0) is 26.5 Å². The van der Waals surface area contributed by atoms with E-state index in [0.29, 0.717) is 0 Å². The summed E-state index contributed by atoms with van der Waals surface area (Å²) in [6, 6.07) is 8.17. The lowest BCUT2D eigenvalue weighted by atomic mass is 10.2. The first-order chi connectivity index (χ1) is 6.77. The molecular weight excluding hydrogens is 174 g/mol. The van der Waals surface area contributed by atoms with Crippen LogP contribution in [-0.2, 0) is 6.54 Å². The molecule has 0 saturated carbocycles. The second-order valence-electron chi connectivity index (χ2n) is 3.47. The van der Waals surface area contributed by atoms with Crippen molar-refractivity contribution in [3.05, 3.63) is 29.8 Å². The summed E-state index contributed by atoms with van der Waals surface area (Å²) >= 11 is 0. The summed E-state index contributed by atoms with van der Waals surface area (Å²) in [4.78, 5) is 0. The number of hydrogen-bond donors (Lipinski definition) is 1. The van der Waals surface area contributed by atoms with Crippen molar-refractivity contribution >= 4 is 0 Å². The van der Waals surface area contributed by atoms with Crippen LogP contribution in [0.15, 0.2) is 24.3 Å². The molecule has 0 fully saturated rings. The second kappa shape index (κ2) is 5.66. The first-order valence-corrected chi connectivity index (χ1v) is 5.17. The Bertz CT molecular complexity index is 273. The highest BCUT2D eigenvalue weighted by molar-refractivity contribution is 5.33. The minimum absolute atomic E-state index is 0.285. The molecular formula is C12H19NO. The fourth-order valence-corrected chi connectivity index (χ4v) is 1.26. The first kappa shape index (κ1) is 11.1. The maximum absolute atomic E-state index is 5.81. The molecule has 1 rings (SSSR count). The average molecular weight is 193 g/mol. The topological polar surface area (TPSA) is 21.3 Å². The molecule has 0 saturated heterocycles. The van der Waals surface area contributed by atoms with Crippen molar-refractivity contribution in [3.8, 4) is 5.75 Å². The summed E-state index contributed by atoms with van der Waals surface area (Å²) in [5.74, 6) is 0.996. The smallest absolute Gasteiger partial charge is 0.124 e. The van der Waals surface area contributed by atoms with E-state index in [1.165, 1.54) is 5.56 Å². The SMILES string of the molecule is CCC(C)Oc1ccccc1CNC. The lowest BCUT2D eigenvalue weighted by molar-refractivity contribution is 0.215. The maximum atomic E-state index is 5.81. The van der Waals surface area contributed by atoms with Gasteiger partial charge in [0.2, 0.25) is 0 Å². The van der Waals surface area contributed by atoms with Gasteiger partial charge in [-0.1, -0.05) is 25.1 Å². The largest absolute Gasteiger partial charge is 0.490 e. The van der Waals surface area contributed by atoms with Crippen molar-refractivity contribution in [1.29, 1.82) is 0 Å². The van der Waals surface area contributed by atoms with E-state index in [9.17, 15) is 0 Å². The van der Waals surface area contributed by atoms with Crippen LogP contribution in [0.4, 0.5) is 0 Å². The van der Waals surface area contributed by atoms with Crippen molar-refractivity contribution in [2.75, 3.05) is 7.05 Å². The van der Waals surface area contributed by atoms with Crippen LogP contribution in [0.3, 0.4) is 0 Å². The molecule has 78 valence electrons. The van der Waals surface area contributed by atoms with Gasteiger partial charge in [0.05, 0.1) is 6.10 Å². The predicted molar refractivity (Wildman–Crippen MR) is 59.6 cm³/mol. The van der Waals surface area contributed by atoms with Gasteiger partial charge in [-0.2, -0.15) is 0 Å². The summed E-state index contributed by atoms with van der Waals surface area (Å²) in [6.07, 6.45) is 1.32. The summed E-state index contributed by atoms with van der Waals surface area (Å²) in [7, 11) is 1.94. The fourth-order valence-electron chi connectivity index (χ4n) is 1.26. The number of rotatable bonds is 5. The van der Waals surface area contributed by atoms with Crippen LogP contribution in [0.5, 0.6) is 5.75 Å². The van der Waals surface area contributed by atoms with Crippen LogP contribution in [0, 0.1) is 0 Å². The molecule has 0 aliphatic heterocycles. The number of benzene rings is 1. The van der Waals surface area contributed by atoms with Crippen LogP contribution >= 0.6 is 0 Å². The molecule has 0 heterocycles. The molecule has 14 heavy (non-hydrogen) atoms. The number of ether oxygens (including phenoxy) is 1. The van der Waals surface area contributed by atoms with Crippen LogP contribution in [-0.4, -0.2) is 13.2 Å². The molecule has 0 bridgehead atoms. The minimum Gasteiger partial charge on any atom is -0.490 e. The van der Waals surface area contributed by atoms with E-state index >= 15 is 0 Å². The lowest BCUT2D eigenvalue weighted by Gasteiger charge is -2.15. The Balaban J connectivity index is 2.73. The molecule has 0 aliphatic carbocycles. The Morgan fingerprint density at radius 2 is 2.07 bits per heavy atom. The summed E-state index contributed by atoms with van der Waals surface area (Å²) < 4.78 is 5.81. The Morgan fingerprint density at radius 3 is 2.71 bits per heavy atom. The molecule has 1 atom stereocenters. The van der Waals surface area contributed by atoms with Gasteiger partial charge in [0.1, 0.15) is 5.75 Å². The summed E-state index contributed by atoms with van der Waals surface area (Å²) in [6.45, 7) is 5.08. The van der Waals surface area contributed by atoms with E-state index in [1.807, 2.05) is 25.2 Å². The van der Waals surface area contributed by atoms with Crippen LogP contribution in [0.25, 0.3) is 0 Å². The Hall–Kier alpha value is -1.02. The number of hydrogen-bond acceptors (Lipinski definition) is 2. The van der Waals surface area contributed by atoms with Gasteiger partial charge < -0.3 is 10.1 Å². The average Bonchev–Trinajstić information content (AvgIpc) is 2.21. The highest BCUT2D eigenvalue weighted by Crippen LogP contribution is 2.19. The molecule has 2 heteroatoms. The molecule has 0 aromatic heterocycles. The standard InChI is InChI=1S/C12H19NO/c1-4-10(2)14-12-8-6-5-7-11(12)9-13-3/h5-8,10,13H,4,9H2,1-3H3. The highest BCUT2D eigenvalue weighted by Gasteiger charge is 2.05. The van der Waals surface area contributed by atoms with Crippen molar-refractivity contribution in [1.82, 2.24) is 5.32 Å². The predicted octanol–water partition coefficient (Wildman–Crippen LogP) is 2.58. The van der Waals surface area contributed by atoms with E-state index in [4.69, 9.17) is 4.74 Å². The zero-order valence-corrected chi connectivity index (χ0v) is 9.21. The number of nitrogens with one attached hydrogen (secondary N) is 1. The van der Waals surface area contributed by atoms with E-state index in [2.05, 4.69) is 25.2 Å². The van der Waals surface area contributed by atoms with E-state index in [1.54, 1.807) is 0 Å². The second-order valence-corrected chi connectivity index (χ2v) is 3.47. The first-order valence-electron chi connectivity index (χ1n) is 5.17. The monoisotopic (exact) mass is 193 g/mol. The normalized spacial score (nSPS) is 12.5. The van der Waals surface area contributed by atoms with Gasteiger partial charge in [0.25, 0.3) is 0 Å². The van der Waals surface area contributed by atoms with E-state index in [-0.39, 0.29) is 6.10 Å². The maximum Gasteiger partial charge on any atom is 0.124 e. The van der Waals surface area contributed by atoms with E-state index < -0.39 is 0 Å². The van der Waals surface area contributed by atoms with Crippen LogP contribution in [0.2, 0.25) is 0 Å². The minimum atomic E-state index is 0.285. The van der Waals surface area contributed by atoms with Gasteiger partial charge in [-0.15, -0.1) is 0 Å². The molecule has 1 aromatic carbocycles. The van der Waals surface area contributed by atoms with Crippen molar-refractivity contribution in [2.45, 2.75) is 32.9 Å². The fraction of sp³-hybridized carbons (Fsp3) is 0.500. The summed E-state index contributed by atoms with van der Waals surface area (Å²) in [5.41, 5.74) is 1.22. The molecule has 1 aromatic rings. The lowest BCUT2D eigenvalue weighted by Crippen LogP contribution is -2.13. The van der Waals surface area contributed by atoms with E-state index in [0.717, 1.165) is 18.7 Å². The number of para-hydroxylation sites is 1. The van der Waals surface area contributed by atoms with Gasteiger partial charge in [0, 0.05) is 12.1 Å². The molecule has 0 radical (unpaired) electrons. The Labute approximate surface area is 86.3 Å². The highest BCUT2D eigenvalue weighted by atomic mass is 16.5. The third-order valence-electron chi connectivity index (χ3n) is 2.24. The molecule has 0 aliphatic rings. The van der Waals surface area contributed by atoms with Crippen molar-refractivity contribution < 1.29 is 4.74 Å². The van der Waals surface area contributed by atoms with Crippen LogP contribution < -0.4 is 10.1 Å². The van der Waals surface area contributed by atoms with Gasteiger partial charge in [-0.3, -0.25) is 0 Å². The Kier molecular flexibility index (Phi) is 4.47. The quantitative estimate of drug-likeness (QED) is 0.776. The van der Waals surface area contributed by atoms with Gasteiger partial charge in [0.15, 0.2) is 0 Å². The zero-order valence-electron chi connectivity index (χ0n) is 9.21. The molecule has 1 N–H and O–H groups in total. The van der Waals surface area contributed by atoms with Crippen LogP contribution in [0.1, 0.15) is 25.8 Å². The zero-order chi connectivity index (χ0) is 10.4. The van der Waals surface area contributed by atoms with Gasteiger partial charge >= 0.3 is 0 Å². The summed E-state index contributed by atoms with van der Waals surface area (Å²) in [5, 5.41) is 3.14. The van der Waals surface area contributed by atoms with Crippen molar-refractivity contribution in [2.24, 2.45) is 0 Å². The third kappa shape index (κ3) is 3.04. The molecule has 1 unspecified atom stereocenters. The third-order valence-corrected chi connectivity index (χ3v) is 2.24. The molecule has 0 amide bonds. The van der Waals surface area contributed by atoms with Crippen molar-refractivity contribution in [3.63, 3.8) is 0 Å². The molecule has 2 nitrogen and oxygen atoms in total.